The van der Waals surface area contributed by atoms with Crippen LogP contribution in [0.25, 0.3) is 27.8 Å². The molecule has 0 unspecified atom stereocenters. The van der Waals surface area contributed by atoms with Crippen LogP contribution in [0.5, 0.6) is 0 Å². The molecule has 3 amide bonds. The number of carbonyl (C=O) groups is 2. The van der Waals surface area contributed by atoms with Gasteiger partial charge in [0, 0.05) is 36.3 Å². The van der Waals surface area contributed by atoms with Crippen molar-refractivity contribution in [3.05, 3.63) is 89.8 Å². The van der Waals surface area contributed by atoms with Gasteiger partial charge in [-0.2, -0.15) is 0 Å². The van der Waals surface area contributed by atoms with Gasteiger partial charge in [-0.1, -0.05) is 54.6 Å². The molecule has 0 saturated carbocycles. The predicted molar refractivity (Wildman–Crippen MR) is 114 cm³/mol. The average Bonchev–Trinajstić information content (AvgIpc) is 3.20. The van der Waals surface area contributed by atoms with Gasteiger partial charge >= 0.3 is 6.03 Å². The number of nitrogens with zero attached hydrogens (tertiary/aromatic N) is 2. The van der Waals surface area contributed by atoms with E-state index in [9.17, 15) is 9.59 Å². The minimum Gasteiger partial charge on any atom is -0.342 e. The van der Waals surface area contributed by atoms with Crippen molar-refractivity contribution in [3.8, 4) is 0 Å². The highest BCUT2D eigenvalue weighted by Crippen LogP contribution is 2.26. The first-order chi connectivity index (χ1) is 14.1. The summed E-state index contributed by atoms with van der Waals surface area (Å²) in [6.07, 6.45) is 3.79. The third-order valence-corrected chi connectivity index (χ3v) is 5.37. The third kappa shape index (κ3) is 2.97. The van der Waals surface area contributed by atoms with E-state index in [4.69, 9.17) is 0 Å². The number of carbonyl (C=O) groups excluding carboxylic acids is 2. The second-order valence-electron chi connectivity index (χ2n) is 7.26. The summed E-state index contributed by atoms with van der Waals surface area (Å²) in [5.41, 5.74) is 3.48. The number of hydrogen-bond donors (Lipinski definition) is 1. The molecule has 1 fully saturated rings. The highest BCUT2D eigenvalue weighted by molar-refractivity contribution is 6.14. The molecule has 0 bridgehead atoms. The van der Waals surface area contributed by atoms with Crippen molar-refractivity contribution >= 4 is 39.7 Å². The zero-order valence-electron chi connectivity index (χ0n) is 15.9. The van der Waals surface area contributed by atoms with E-state index in [1.165, 1.54) is 23.4 Å². The molecule has 1 aromatic heterocycles. The maximum absolute atomic E-state index is 12.2. The number of hydrogen-bond acceptors (Lipinski definition) is 2. The Morgan fingerprint density at radius 3 is 2.48 bits per heavy atom. The zero-order valence-corrected chi connectivity index (χ0v) is 15.9. The largest absolute Gasteiger partial charge is 0.342 e. The van der Waals surface area contributed by atoms with E-state index < -0.39 is 6.03 Å². The first-order valence-corrected chi connectivity index (χ1v) is 9.46. The van der Waals surface area contributed by atoms with E-state index in [1.54, 1.807) is 6.08 Å². The summed E-state index contributed by atoms with van der Waals surface area (Å²) >= 11 is 0. The smallest absolute Gasteiger partial charge is 0.328 e. The minimum absolute atomic E-state index is 0.297. The average molecular weight is 381 g/mol. The van der Waals surface area contributed by atoms with E-state index in [0.29, 0.717) is 12.2 Å². The molecule has 0 radical (unpaired) electrons. The van der Waals surface area contributed by atoms with Crippen molar-refractivity contribution in [1.29, 1.82) is 0 Å². The minimum atomic E-state index is -0.402. The van der Waals surface area contributed by atoms with Crippen LogP contribution in [0.15, 0.2) is 78.6 Å². The molecule has 5 nitrogen and oxygen atoms in total. The van der Waals surface area contributed by atoms with Gasteiger partial charge in [0.2, 0.25) is 0 Å². The number of amides is 3. The molecule has 0 spiro atoms. The summed E-state index contributed by atoms with van der Waals surface area (Å²) in [7, 11) is 1.47. The lowest BCUT2D eigenvalue weighted by atomic mass is 10.1. The number of nitrogens with one attached hydrogen (secondary N) is 1. The van der Waals surface area contributed by atoms with Gasteiger partial charge in [-0.25, -0.2) is 4.79 Å². The number of para-hydroxylation sites is 1. The maximum atomic E-state index is 12.2. The number of aromatic nitrogens is 1. The van der Waals surface area contributed by atoms with E-state index in [2.05, 4.69) is 46.3 Å². The van der Waals surface area contributed by atoms with Gasteiger partial charge in [0.1, 0.15) is 5.70 Å². The van der Waals surface area contributed by atoms with Gasteiger partial charge in [-0.05, 0) is 34.5 Å². The van der Waals surface area contributed by atoms with Crippen molar-refractivity contribution in [2.24, 2.45) is 0 Å². The van der Waals surface area contributed by atoms with Gasteiger partial charge in [0.15, 0.2) is 0 Å². The lowest BCUT2D eigenvalue weighted by Crippen LogP contribution is -2.25. The molecule has 1 aliphatic heterocycles. The van der Waals surface area contributed by atoms with Crippen LogP contribution in [0.2, 0.25) is 0 Å². The van der Waals surface area contributed by atoms with Gasteiger partial charge in [-0.3, -0.25) is 9.69 Å². The third-order valence-electron chi connectivity index (χ3n) is 5.37. The summed E-state index contributed by atoms with van der Waals surface area (Å²) in [6, 6.07) is 22.5. The molecule has 4 aromatic rings. The fraction of sp³-hybridized carbons (Fsp3) is 0.0833. The lowest BCUT2D eigenvalue weighted by molar-refractivity contribution is -0.121. The number of fused-ring (bicyclic) bond motifs is 2. The first-order valence-electron chi connectivity index (χ1n) is 9.46. The SMILES string of the molecule is CN1C(=O)N/C(=C/c2cn(Cc3ccc4ccccc4c3)c3ccccc23)C1=O. The molecular formula is C24H19N3O2. The molecule has 0 aliphatic carbocycles. The van der Waals surface area contributed by atoms with Crippen molar-refractivity contribution < 1.29 is 9.59 Å². The highest BCUT2D eigenvalue weighted by Gasteiger charge is 2.30. The zero-order chi connectivity index (χ0) is 20.0. The molecule has 2 heterocycles. The topological polar surface area (TPSA) is 54.3 Å². The van der Waals surface area contributed by atoms with Gasteiger partial charge < -0.3 is 9.88 Å². The van der Waals surface area contributed by atoms with Crippen LogP contribution >= 0.6 is 0 Å². The molecular weight excluding hydrogens is 362 g/mol. The predicted octanol–water partition coefficient (Wildman–Crippen LogP) is 4.37. The number of urea groups is 1. The van der Waals surface area contributed by atoms with Crippen molar-refractivity contribution in [2.75, 3.05) is 7.05 Å². The van der Waals surface area contributed by atoms with E-state index in [1.807, 2.05) is 36.5 Å². The Labute approximate surface area is 167 Å². The molecule has 29 heavy (non-hydrogen) atoms. The second-order valence-corrected chi connectivity index (χ2v) is 7.26. The molecule has 0 atom stereocenters. The molecule has 5 rings (SSSR count). The fourth-order valence-electron chi connectivity index (χ4n) is 3.83. The van der Waals surface area contributed by atoms with Gasteiger partial charge in [0.05, 0.1) is 0 Å². The van der Waals surface area contributed by atoms with Crippen LogP contribution in [0, 0.1) is 0 Å². The standard InChI is InChI=1S/C24H19N3O2/c1-26-23(28)21(25-24(26)29)13-19-15-27(22-9-5-4-8-20(19)22)14-16-10-11-17-6-2-3-7-18(17)12-16/h2-13,15H,14H2,1H3,(H,25,29)/b21-13+. The van der Waals surface area contributed by atoms with Crippen molar-refractivity contribution in [1.82, 2.24) is 14.8 Å². The molecule has 5 heteroatoms. The molecule has 1 saturated heterocycles. The number of likely N-dealkylation sites (N-methyl/N-ethyl adjacent to an activating group) is 1. The van der Waals surface area contributed by atoms with Crippen molar-refractivity contribution in [2.45, 2.75) is 6.54 Å². The molecule has 3 aromatic carbocycles. The Morgan fingerprint density at radius 1 is 0.931 bits per heavy atom. The Hall–Kier alpha value is -3.86. The van der Waals surface area contributed by atoms with Gasteiger partial charge in [-0.15, -0.1) is 0 Å². The fourth-order valence-corrected chi connectivity index (χ4v) is 3.83. The van der Waals surface area contributed by atoms with Crippen LogP contribution in [0.4, 0.5) is 4.79 Å². The van der Waals surface area contributed by atoms with Crippen LogP contribution < -0.4 is 5.32 Å². The highest BCUT2D eigenvalue weighted by atomic mass is 16.2. The van der Waals surface area contributed by atoms with E-state index >= 15 is 0 Å². The monoisotopic (exact) mass is 381 g/mol. The first kappa shape index (κ1) is 17.3. The quantitative estimate of drug-likeness (QED) is 0.423. The van der Waals surface area contributed by atoms with Crippen LogP contribution in [0.1, 0.15) is 11.1 Å². The summed E-state index contributed by atoms with van der Waals surface area (Å²) in [5, 5.41) is 6.11. The van der Waals surface area contributed by atoms with E-state index in [-0.39, 0.29) is 5.91 Å². The summed E-state index contributed by atoms with van der Waals surface area (Å²) < 4.78 is 2.18. The Bertz CT molecular complexity index is 1320. The van der Waals surface area contributed by atoms with Gasteiger partial charge in [0.25, 0.3) is 5.91 Å². The van der Waals surface area contributed by atoms with E-state index in [0.717, 1.165) is 21.4 Å². The second kappa shape index (κ2) is 6.63. The summed E-state index contributed by atoms with van der Waals surface area (Å²) in [6.45, 7) is 0.717. The van der Waals surface area contributed by atoms with Crippen LogP contribution in [0.3, 0.4) is 0 Å². The Balaban J connectivity index is 1.56. The summed E-state index contributed by atoms with van der Waals surface area (Å²) in [5.74, 6) is -0.318. The summed E-state index contributed by atoms with van der Waals surface area (Å²) in [4.78, 5) is 25.1. The van der Waals surface area contributed by atoms with Crippen LogP contribution in [-0.4, -0.2) is 28.5 Å². The van der Waals surface area contributed by atoms with Crippen molar-refractivity contribution in [3.63, 3.8) is 0 Å². The molecule has 142 valence electrons. The maximum Gasteiger partial charge on any atom is 0.328 e. The number of imide groups is 1. The Kier molecular flexibility index (Phi) is 3.95. The Morgan fingerprint density at radius 2 is 1.69 bits per heavy atom. The van der Waals surface area contributed by atoms with Crippen LogP contribution in [-0.2, 0) is 11.3 Å². The lowest BCUT2D eigenvalue weighted by Gasteiger charge is -2.07. The molecule has 1 N–H and O–H groups in total. The normalized spacial score (nSPS) is 15.6. The number of benzene rings is 3. The number of rotatable bonds is 3. The molecule has 1 aliphatic rings.